The molecule has 0 heterocycles. The molecule has 0 saturated heterocycles. The van der Waals surface area contributed by atoms with Gasteiger partial charge in [-0.3, -0.25) is 0 Å². The third-order valence-electron chi connectivity index (χ3n) is 6.01. The van der Waals surface area contributed by atoms with Gasteiger partial charge in [-0.1, -0.05) is 13.0 Å². The van der Waals surface area contributed by atoms with Gasteiger partial charge in [0.2, 0.25) is 0 Å². The lowest BCUT2D eigenvalue weighted by Crippen LogP contribution is -2.17. The van der Waals surface area contributed by atoms with Crippen molar-refractivity contribution in [3.63, 3.8) is 0 Å². The van der Waals surface area contributed by atoms with Crippen LogP contribution in [0.2, 0.25) is 0 Å². The van der Waals surface area contributed by atoms with Crippen molar-refractivity contribution in [2.75, 3.05) is 6.61 Å². The van der Waals surface area contributed by atoms with Gasteiger partial charge in [0, 0.05) is 6.04 Å². The fraction of sp³-hybridized carbons (Fsp3) is 0.667. The van der Waals surface area contributed by atoms with Gasteiger partial charge < -0.3 is 10.5 Å². The molecule has 3 fully saturated rings. The first-order valence-electron chi connectivity index (χ1n) is 8.38. The van der Waals surface area contributed by atoms with E-state index in [4.69, 9.17) is 10.5 Å². The first-order valence-corrected chi connectivity index (χ1v) is 9.17. The van der Waals surface area contributed by atoms with E-state index in [1.807, 2.05) is 0 Å². The van der Waals surface area contributed by atoms with Gasteiger partial charge in [0.15, 0.2) is 0 Å². The van der Waals surface area contributed by atoms with Gasteiger partial charge in [-0.2, -0.15) is 0 Å². The van der Waals surface area contributed by atoms with Crippen molar-refractivity contribution in [1.82, 2.24) is 0 Å². The zero-order chi connectivity index (χ0) is 14.6. The molecule has 2 bridgehead atoms. The van der Waals surface area contributed by atoms with Crippen LogP contribution in [0, 0.1) is 29.6 Å². The van der Waals surface area contributed by atoms with Crippen LogP contribution in [0.3, 0.4) is 0 Å². The molecular formula is C18H24BrNO. The maximum Gasteiger partial charge on any atom is 0.133 e. The van der Waals surface area contributed by atoms with Crippen LogP contribution in [0.4, 0.5) is 0 Å². The van der Waals surface area contributed by atoms with Gasteiger partial charge in [0.05, 0.1) is 11.1 Å². The van der Waals surface area contributed by atoms with E-state index in [0.29, 0.717) is 0 Å². The molecule has 4 rings (SSSR count). The van der Waals surface area contributed by atoms with E-state index in [1.54, 1.807) is 0 Å². The lowest BCUT2D eigenvalue weighted by molar-refractivity contribution is 0.315. The molecule has 0 amide bonds. The van der Waals surface area contributed by atoms with Crippen LogP contribution in [-0.2, 0) is 0 Å². The molecule has 5 unspecified atom stereocenters. The summed E-state index contributed by atoms with van der Waals surface area (Å²) in [6.07, 6.45) is 5.44. The lowest BCUT2D eigenvalue weighted by atomic mass is 9.93. The second kappa shape index (κ2) is 5.27. The Morgan fingerprint density at radius 1 is 1.29 bits per heavy atom. The summed E-state index contributed by atoms with van der Waals surface area (Å²) in [5.41, 5.74) is 7.87. The minimum absolute atomic E-state index is 0.208. The fourth-order valence-corrected chi connectivity index (χ4v) is 5.66. The number of nitrogens with two attached hydrogens (primary N) is 1. The van der Waals surface area contributed by atoms with Crippen LogP contribution in [0.1, 0.15) is 44.2 Å². The number of rotatable bonds is 5. The molecule has 1 aromatic rings. The van der Waals surface area contributed by atoms with Gasteiger partial charge in [-0.05, 0) is 88.9 Å². The molecule has 2 N–H and O–H groups in total. The summed E-state index contributed by atoms with van der Waals surface area (Å²) in [7, 11) is 0. The molecule has 3 aliphatic carbocycles. The molecular weight excluding hydrogens is 326 g/mol. The molecule has 0 aromatic heterocycles. The molecule has 21 heavy (non-hydrogen) atoms. The number of hydrogen-bond donors (Lipinski definition) is 1. The largest absolute Gasteiger partial charge is 0.492 e. The highest BCUT2D eigenvalue weighted by Crippen LogP contribution is 2.71. The second-order valence-electron chi connectivity index (χ2n) is 7.13. The van der Waals surface area contributed by atoms with Gasteiger partial charge in [-0.25, -0.2) is 0 Å². The Morgan fingerprint density at radius 2 is 2.00 bits per heavy atom. The van der Waals surface area contributed by atoms with Crippen molar-refractivity contribution in [3.05, 3.63) is 28.2 Å². The van der Waals surface area contributed by atoms with Gasteiger partial charge in [-0.15, -0.1) is 0 Å². The quantitative estimate of drug-likeness (QED) is 0.847. The molecule has 3 heteroatoms. The van der Waals surface area contributed by atoms with Crippen molar-refractivity contribution >= 4 is 15.9 Å². The van der Waals surface area contributed by atoms with E-state index in [-0.39, 0.29) is 6.04 Å². The fourth-order valence-electron chi connectivity index (χ4n) is 5.15. The van der Waals surface area contributed by atoms with E-state index in [2.05, 4.69) is 41.1 Å². The van der Waals surface area contributed by atoms with E-state index in [9.17, 15) is 0 Å². The Morgan fingerprint density at radius 3 is 2.62 bits per heavy atom. The summed E-state index contributed by atoms with van der Waals surface area (Å²) in [6, 6.07) is 6.61. The molecule has 0 spiro atoms. The van der Waals surface area contributed by atoms with Crippen LogP contribution < -0.4 is 10.5 Å². The number of fused-ring (bicyclic) bond motifs is 5. The van der Waals surface area contributed by atoms with E-state index < -0.39 is 0 Å². The number of hydrogen-bond acceptors (Lipinski definition) is 2. The molecule has 0 radical (unpaired) electrons. The molecule has 2 nitrogen and oxygen atoms in total. The normalized spacial score (nSPS) is 37.4. The average molecular weight is 350 g/mol. The first kappa shape index (κ1) is 14.1. The average Bonchev–Trinajstić information content (AvgIpc) is 2.92. The van der Waals surface area contributed by atoms with Crippen molar-refractivity contribution in [2.45, 2.75) is 38.6 Å². The van der Waals surface area contributed by atoms with Crippen LogP contribution in [-0.4, -0.2) is 6.61 Å². The van der Waals surface area contributed by atoms with Crippen LogP contribution in [0.25, 0.3) is 0 Å². The lowest BCUT2D eigenvalue weighted by Gasteiger charge is -2.18. The van der Waals surface area contributed by atoms with Gasteiger partial charge in [0.1, 0.15) is 5.75 Å². The highest BCUT2D eigenvalue weighted by molar-refractivity contribution is 9.10. The Bertz CT molecular complexity index is 530. The Balaban J connectivity index is 1.48. The first-order chi connectivity index (χ1) is 10.2. The molecule has 3 saturated carbocycles. The maximum atomic E-state index is 6.60. The Hall–Kier alpha value is -0.540. The van der Waals surface area contributed by atoms with E-state index >= 15 is 0 Å². The Kier molecular flexibility index (Phi) is 3.54. The molecule has 1 aromatic carbocycles. The van der Waals surface area contributed by atoms with Gasteiger partial charge >= 0.3 is 0 Å². The number of halogens is 1. The van der Waals surface area contributed by atoms with Crippen LogP contribution in [0.5, 0.6) is 5.75 Å². The highest BCUT2D eigenvalue weighted by atomic mass is 79.9. The summed E-state index contributed by atoms with van der Waals surface area (Å²) in [6.45, 7) is 2.89. The predicted octanol–water partition coefficient (Wildman–Crippen LogP) is 4.53. The smallest absolute Gasteiger partial charge is 0.133 e. The van der Waals surface area contributed by atoms with Gasteiger partial charge in [0.25, 0.3) is 0 Å². The summed E-state index contributed by atoms with van der Waals surface area (Å²) in [5.74, 6) is 5.54. The minimum Gasteiger partial charge on any atom is -0.492 e. The van der Waals surface area contributed by atoms with Crippen LogP contribution in [0.15, 0.2) is 22.7 Å². The zero-order valence-electron chi connectivity index (χ0n) is 12.6. The highest BCUT2D eigenvalue weighted by Gasteiger charge is 2.66. The van der Waals surface area contributed by atoms with E-state index in [1.165, 1.54) is 24.8 Å². The standard InChI is InChI=1S/C18H24BrNO/c1-2-7-21-14-6-5-12(9-13(14)19)18(20)17-15-10-3-4-11(8-10)16(15)17/h5-6,9-11,15-18H,2-4,7-8,20H2,1H3. The molecule has 114 valence electrons. The van der Waals surface area contributed by atoms with Crippen molar-refractivity contribution < 1.29 is 4.74 Å². The predicted molar refractivity (Wildman–Crippen MR) is 88.2 cm³/mol. The Labute approximate surface area is 135 Å². The molecule has 3 aliphatic rings. The topological polar surface area (TPSA) is 35.2 Å². The summed E-state index contributed by atoms with van der Waals surface area (Å²) >= 11 is 3.63. The van der Waals surface area contributed by atoms with Crippen molar-refractivity contribution in [3.8, 4) is 5.75 Å². The third kappa shape index (κ3) is 2.24. The monoisotopic (exact) mass is 349 g/mol. The van der Waals surface area contributed by atoms with Crippen LogP contribution >= 0.6 is 15.9 Å². The maximum absolute atomic E-state index is 6.60. The SMILES string of the molecule is CCCOc1ccc(C(N)C2C3C4CCC(C4)C32)cc1Br. The van der Waals surface area contributed by atoms with E-state index in [0.717, 1.165) is 52.8 Å². The summed E-state index contributed by atoms with van der Waals surface area (Å²) in [5, 5.41) is 0. The summed E-state index contributed by atoms with van der Waals surface area (Å²) < 4.78 is 6.77. The zero-order valence-corrected chi connectivity index (χ0v) is 14.2. The summed E-state index contributed by atoms with van der Waals surface area (Å²) in [4.78, 5) is 0. The number of ether oxygens (including phenoxy) is 1. The number of benzene rings is 1. The molecule has 0 aliphatic heterocycles. The minimum atomic E-state index is 0.208. The van der Waals surface area contributed by atoms with Crippen molar-refractivity contribution in [1.29, 1.82) is 0 Å². The molecule has 5 atom stereocenters. The van der Waals surface area contributed by atoms with Crippen molar-refractivity contribution in [2.24, 2.45) is 35.3 Å². The second-order valence-corrected chi connectivity index (χ2v) is 7.98. The third-order valence-corrected chi connectivity index (χ3v) is 6.63.